The highest BCUT2D eigenvalue weighted by Gasteiger charge is 2.33. The van der Waals surface area contributed by atoms with Crippen molar-refractivity contribution in [3.05, 3.63) is 0 Å². The lowest BCUT2D eigenvalue weighted by Crippen LogP contribution is -2.36. The topological polar surface area (TPSA) is 41.6 Å². The Morgan fingerprint density at radius 2 is 2.24 bits per heavy atom. The molecule has 1 saturated heterocycles. The van der Waals surface area contributed by atoms with Crippen LogP contribution in [0.5, 0.6) is 0 Å². The molecule has 0 aliphatic carbocycles. The molecule has 0 saturated carbocycles. The number of nitrogens with one attached hydrogen (secondary N) is 1. The van der Waals surface area contributed by atoms with Crippen LogP contribution in [0.2, 0.25) is 0 Å². The standard InChI is InChI=1S/C13H26N2O2/c1-4-8-17-9-6-7-15-10-14-12(13(15)16)11(3)5-2/h11-12,14H,4-10H2,1-3H3. The first-order chi connectivity index (χ1) is 8.20. The van der Waals surface area contributed by atoms with Gasteiger partial charge in [-0.15, -0.1) is 0 Å². The minimum atomic E-state index is 0.0246. The Labute approximate surface area is 105 Å². The number of nitrogens with zero attached hydrogens (tertiary/aromatic N) is 1. The molecule has 1 amide bonds. The zero-order chi connectivity index (χ0) is 12.7. The second kappa shape index (κ2) is 7.67. The highest BCUT2D eigenvalue weighted by Crippen LogP contribution is 2.15. The molecular formula is C13H26N2O2. The molecule has 0 aromatic carbocycles. The first-order valence-electron chi connectivity index (χ1n) is 6.80. The van der Waals surface area contributed by atoms with E-state index in [1.54, 1.807) is 0 Å². The van der Waals surface area contributed by atoms with E-state index in [1.807, 2.05) is 4.90 Å². The normalized spacial score (nSPS) is 22.2. The van der Waals surface area contributed by atoms with Gasteiger partial charge in [-0.1, -0.05) is 27.2 Å². The highest BCUT2D eigenvalue weighted by molar-refractivity contribution is 5.84. The molecule has 17 heavy (non-hydrogen) atoms. The van der Waals surface area contributed by atoms with E-state index in [0.717, 1.165) is 39.0 Å². The van der Waals surface area contributed by atoms with Gasteiger partial charge in [-0.2, -0.15) is 0 Å². The van der Waals surface area contributed by atoms with Crippen LogP contribution in [0, 0.1) is 5.92 Å². The molecule has 0 radical (unpaired) electrons. The van der Waals surface area contributed by atoms with Crippen molar-refractivity contribution in [2.75, 3.05) is 26.4 Å². The maximum absolute atomic E-state index is 12.0. The summed E-state index contributed by atoms with van der Waals surface area (Å²) in [6.45, 7) is 9.44. The molecule has 1 heterocycles. The smallest absolute Gasteiger partial charge is 0.241 e. The molecule has 0 aromatic heterocycles. The molecule has 4 heteroatoms. The zero-order valence-corrected chi connectivity index (χ0v) is 11.4. The Kier molecular flexibility index (Phi) is 6.52. The van der Waals surface area contributed by atoms with Crippen molar-refractivity contribution in [3.63, 3.8) is 0 Å². The quantitative estimate of drug-likeness (QED) is 0.657. The summed E-state index contributed by atoms with van der Waals surface area (Å²) in [5.74, 6) is 0.679. The molecule has 0 aromatic rings. The van der Waals surface area contributed by atoms with Crippen molar-refractivity contribution in [3.8, 4) is 0 Å². The Morgan fingerprint density at radius 1 is 1.47 bits per heavy atom. The van der Waals surface area contributed by atoms with E-state index >= 15 is 0 Å². The molecule has 0 bridgehead atoms. The summed E-state index contributed by atoms with van der Waals surface area (Å²) in [5, 5.41) is 3.29. The molecule has 2 atom stereocenters. The van der Waals surface area contributed by atoms with E-state index < -0.39 is 0 Å². The fourth-order valence-electron chi connectivity index (χ4n) is 2.04. The van der Waals surface area contributed by atoms with Crippen LogP contribution in [-0.2, 0) is 9.53 Å². The number of ether oxygens (including phenoxy) is 1. The number of carbonyl (C=O) groups is 1. The first-order valence-corrected chi connectivity index (χ1v) is 6.80. The van der Waals surface area contributed by atoms with Crippen molar-refractivity contribution < 1.29 is 9.53 Å². The highest BCUT2D eigenvalue weighted by atomic mass is 16.5. The van der Waals surface area contributed by atoms with Gasteiger partial charge in [-0.05, 0) is 18.8 Å². The van der Waals surface area contributed by atoms with E-state index in [1.165, 1.54) is 0 Å². The van der Waals surface area contributed by atoms with Gasteiger partial charge < -0.3 is 9.64 Å². The van der Waals surface area contributed by atoms with Crippen LogP contribution >= 0.6 is 0 Å². The Hall–Kier alpha value is -0.610. The largest absolute Gasteiger partial charge is 0.381 e. The van der Waals surface area contributed by atoms with E-state index in [2.05, 4.69) is 26.1 Å². The van der Waals surface area contributed by atoms with Crippen molar-refractivity contribution in [2.24, 2.45) is 5.92 Å². The van der Waals surface area contributed by atoms with Gasteiger partial charge in [-0.25, -0.2) is 0 Å². The van der Waals surface area contributed by atoms with Crippen molar-refractivity contribution >= 4 is 5.91 Å². The van der Waals surface area contributed by atoms with Gasteiger partial charge in [0.25, 0.3) is 0 Å². The average molecular weight is 242 g/mol. The van der Waals surface area contributed by atoms with Gasteiger partial charge in [0, 0.05) is 19.8 Å². The Morgan fingerprint density at radius 3 is 2.88 bits per heavy atom. The average Bonchev–Trinajstić information content (AvgIpc) is 2.70. The summed E-state index contributed by atoms with van der Waals surface area (Å²) in [5.41, 5.74) is 0. The lowest BCUT2D eigenvalue weighted by Gasteiger charge is -2.17. The summed E-state index contributed by atoms with van der Waals surface area (Å²) in [7, 11) is 0. The van der Waals surface area contributed by atoms with Crippen molar-refractivity contribution in [1.29, 1.82) is 0 Å². The van der Waals surface area contributed by atoms with E-state index in [9.17, 15) is 4.79 Å². The van der Waals surface area contributed by atoms with Gasteiger partial charge in [0.05, 0.1) is 12.7 Å². The molecule has 1 N–H and O–H groups in total. The number of hydrogen-bond acceptors (Lipinski definition) is 3. The summed E-state index contributed by atoms with van der Waals surface area (Å²) in [6, 6.07) is 0.0246. The predicted molar refractivity (Wildman–Crippen MR) is 68.7 cm³/mol. The summed E-state index contributed by atoms with van der Waals surface area (Å²) in [4.78, 5) is 14.0. The fraction of sp³-hybridized carbons (Fsp3) is 0.923. The SMILES string of the molecule is CCCOCCCN1CNC(C(C)CC)C1=O. The molecule has 1 aliphatic heterocycles. The lowest BCUT2D eigenvalue weighted by atomic mass is 9.99. The molecule has 4 nitrogen and oxygen atoms in total. The van der Waals surface area contributed by atoms with Gasteiger partial charge in [0.15, 0.2) is 0 Å². The van der Waals surface area contributed by atoms with E-state index in [0.29, 0.717) is 12.6 Å². The van der Waals surface area contributed by atoms with Crippen LogP contribution in [0.25, 0.3) is 0 Å². The minimum absolute atomic E-state index is 0.0246. The van der Waals surface area contributed by atoms with Gasteiger partial charge in [0.2, 0.25) is 5.91 Å². The Bertz CT molecular complexity index is 233. The van der Waals surface area contributed by atoms with Gasteiger partial charge in [0.1, 0.15) is 0 Å². The van der Waals surface area contributed by atoms with Gasteiger partial charge in [-0.3, -0.25) is 10.1 Å². The third kappa shape index (κ3) is 4.28. The number of hydrogen-bond donors (Lipinski definition) is 1. The monoisotopic (exact) mass is 242 g/mol. The van der Waals surface area contributed by atoms with Crippen LogP contribution in [0.4, 0.5) is 0 Å². The number of amides is 1. The lowest BCUT2D eigenvalue weighted by molar-refractivity contribution is -0.130. The third-order valence-corrected chi connectivity index (χ3v) is 3.36. The fourth-order valence-corrected chi connectivity index (χ4v) is 2.04. The van der Waals surface area contributed by atoms with Crippen molar-refractivity contribution in [2.45, 2.75) is 46.1 Å². The van der Waals surface area contributed by atoms with Crippen molar-refractivity contribution in [1.82, 2.24) is 10.2 Å². The molecule has 1 rings (SSSR count). The van der Waals surface area contributed by atoms with E-state index in [-0.39, 0.29) is 11.9 Å². The predicted octanol–water partition coefficient (Wildman–Crippen LogP) is 1.61. The molecule has 100 valence electrons. The summed E-state index contributed by atoms with van der Waals surface area (Å²) in [6.07, 6.45) is 3.03. The van der Waals surface area contributed by atoms with Crippen LogP contribution in [0.3, 0.4) is 0 Å². The minimum Gasteiger partial charge on any atom is -0.381 e. The molecule has 1 aliphatic rings. The third-order valence-electron chi connectivity index (χ3n) is 3.36. The molecule has 0 spiro atoms. The Balaban J connectivity index is 2.21. The van der Waals surface area contributed by atoms with Gasteiger partial charge >= 0.3 is 0 Å². The maximum atomic E-state index is 12.0. The second-order valence-corrected chi connectivity index (χ2v) is 4.79. The second-order valence-electron chi connectivity index (χ2n) is 4.79. The number of carbonyl (C=O) groups excluding carboxylic acids is 1. The summed E-state index contributed by atoms with van der Waals surface area (Å²) >= 11 is 0. The van der Waals surface area contributed by atoms with Crippen LogP contribution in [-0.4, -0.2) is 43.3 Å². The molecule has 1 fully saturated rings. The number of rotatable bonds is 8. The maximum Gasteiger partial charge on any atom is 0.241 e. The van der Waals surface area contributed by atoms with Crippen LogP contribution in [0.1, 0.15) is 40.0 Å². The molecular weight excluding hydrogens is 216 g/mol. The molecule has 2 unspecified atom stereocenters. The first kappa shape index (κ1) is 14.5. The van der Waals surface area contributed by atoms with Crippen LogP contribution in [0.15, 0.2) is 0 Å². The van der Waals surface area contributed by atoms with E-state index in [4.69, 9.17) is 4.74 Å². The zero-order valence-electron chi connectivity index (χ0n) is 11.4. The van der Waals surface area contributed by atoms with Crippen LogP contribution < -0.4 is 5.32 Å². The summed E-state index contributed by atoms with van der Waals surface area (Å²) < 4.78 is 5.41.